The first-order valence-corrected chi connectivity index (χ1v) is 21.8. The number of hydrogen-bond acceptors (Lipinski definition) is 14. The number of carboxylic acids is 3. The lowest BCUT2D eigenvalue weighted by Gasteiger charge is -2.27. The molecule has 14 N–H and O–H groups in total. The number of primary amides is 1. The number of carbonyl (C=O) groups excluding carboxylic acids is 9. The summed E-state index contributed by atoms with van der Waals surface area (Å²) in [6, 6.07) is -2.73. The maximum Gasteiger partial charge on any atom is 0.326 e. The summed E-state index contributed by atoms with van der Waals surface area (Å²) >= 11 is 4.04. The van der Waals surface area contributed by atoms with E-state index >= 15 is 0 Å². The van der Waals surface area contributed by atoms with Crippen LogP contribution in [0.25, 0.3) is 0 Å². The Balaban J connectivity index is 2.16. The van der Waals surface area contributed by atoms with E-state index < -0.39 is 164 Å². The van der Waals surface area contributed by atoms with E-state index in [1.54, 1.807) is 30.3 Å². The van der Waals surface area contributed by atoms with E-state index in [1.807, 2.05) is 0 Å². The molecule has 1 heterocycles. The summed E-state index contributed by atoms with van der Waals surface area (Å²) in [5.74, 6) is -13.7. The van der Waals surface area contributed by atoms with Gasteiger partial charge >= 0.3 is 17.9 Å². The normalized spacial score (nSPS) is 16.3. The minimum atomic E-state index is -1.93. The van der Waals surface area contributed by atoms with Gasteiger partial charge in [-0.2, -0.15) is 12.6 Å². The second-order valence-corrected chi connectivity index (χ2v) is 16.4. The third-order valence-corrected chi connectivity index (χ3v) is 10.7. The molecule has 370 valence electrons. The summed E-state index contributed by atoms with van der Waals surface area (Å²) in [4.78, 5) is 153. The van der Waals surface area contributed by atoms with Gasteiger partial charge in [-0.25, -0.2) is 4.79 Å². The first kappa shape index (κ1) is 56.3. The molecule has 1 aromatic rings. The van der Waals surface area contributed by atoms with Crippen LogP contribution in [-0.4, -0.2) is 158 Å². The molecule has 8 atom stereocenters. The summed E-state index contributed by atoms with van der Waals surface area (Å²) < 4.78 is 0. The molecule has 0 aromatic heterocycles. The molecular formula is C41H60N10O15S. The molecule has 25 nitrogen and oxygen atoms in total. The van der Waals surface area contributed by atoms with Crippen LogP contribution in [-0.2, 0) is 64.0 Å². The van der Waals surface area contributed by atoms with E-state index in [0.29, 0.717) is 6.42 Å². The zero-order valence-corrected chi connectivity index (χ0v) is 38.0. The molecule has 1 saturated heterocycles. The van der Waals surface area contributed by atoms with Gasteiger partial charge in [0, 0.05) is 25.1 Å². The van der Waals surface area contributed by atoms with Crippen molar-refractivity contribution < 1.29 is 72.9 Å². The summed E-state index contributed by atoms with van der Waals surface area (Å²) in [7, 11) is 0. The predicted molar refractivity (Wildman–Crippen MR) is 237 cm³/mol. The fraction of sp³-hybridized carbons (Fsp3) is 0.561. The molecule has 67 heavy (non-hydrogen) atoms. The number of carbonyl (C=O) groups is 12. The molecule has 1 aliphatic heterocycles. The smallest absolute Gasteiger partial charge is 0.326 e. The molecule has 0 aliphatic carbocycles. The quantitative estimate of drug-likeness (QED) is 0.0355. The van der Waals surface area contributed by atoms with Crippen molar-refractivity contribution in [3.05, 3.63) is 35.9 Å². The van der Waals surface area contributed by atoms with Crippen molar-refractivity contribution in [3.63, 3.8) is 0 Å². The largest absolute Gasteiger partial charge is 0.481 e. The van der Waals surface area contributed by atoms with Gasteiger partial charge < -0.3 is 68.9 Å². The van der Waals surface area contributed by atoms with Crippen LogP contribution in [0.1, 0.15) is 71.3 Å². The van der Waals surface area contributed by atoms with Crippen molar-refractivity contribution in [1.29, 1.82) is 0 Å². The summed E-state index contributed by atoms with van der Waals surface area (Å²) in [5, 5.41) is 44.4. The highest BCUT2D eigenvalue weighted by Gasteiger charge is 2.37. The number of amides is 9. The number of hydrogen-bond donors (Lipinski definition) is 13. The zero-order valence-electron chi connectivity index (χ0n) is 37.2. The monoisotopic (exact) mass is 964 g/mol. The number of benzene rings is 1. The van der Waals surface area contributed by atoms with Crippen molar-refractivity contribution in [2.45, 2.75) is 120 Å². The fourth-order valence-corrected chi connectivity index (χ4v) is 6.88. The van der Waals surface area contributed by atoms with Gasteiger partial charge in [0.2, 0.25) is 53.2 Å². The minimum Gasteiger partial charge on any atom is -0.481 e. The van der Waals surface area contributed by atoms with Crippen molar-refractivity contribution in [2.75, 3.05) is 18.8 Å². The molecule has 9 amide bonds. The van der Waals surface area contributed by atoms with E-state index in [4.69, 9.17) is 11.5 Å². The molecule has 1 aromatic carbocycles. The first-order chi connectivity index (χ1) is 31.4. The fourth-order valence-electron chi connectivity index (χ4n) is 6.62. The average molecular weight is 965 g/mol. The van der Waals surface area contributed by atoms with Gasteiger partial charge in [-0.3, -0.25) is 52.7 Å². The minimum absolute atomic E-state index is 0.120. The molecule has 26 heteroatoms. The molecule has 0 radical (unpaired) electrons. The Labute approximate surface area is 390 Å². The lowest BCUT2D eigenvalue weighted by Crippen LogP contribution is -2.60. The summed E-state index contributed by atoms with van der Waals surface area (Å²) in [5.41, 5.74) is 12.0. The summed E-state index contributed by atoms with van der Waals surface area (Å²) in [6.07, 6.45) is -2.44. The molecule has 2 rings (SSSR count). The number of nitrogens with zero attached hydrogens (tertiary/aromatic N) is 1. The van der Waals surface area contributed by atoms with Crippen LogP contribution in [0.5, 0.6) is 0 Å². The van der Waals surface area contributed by atoms with Crippen LogP contribution in [0.2, 0.25) is 0 Å². The molecule has 0 saturated carbocycles. The Morgan fingerprint density at radius 2 is 1.25 bits per heavy atom. The molecule has 1 fully saturated rings. The highest BCUT2D eigenvalue weighted by molar-refractivity contribution is 7.80. The number of carboxylic acid groups (broad SMARTS) is 3. The highest BCUT2D eigenvalue weighted by atomic mass is 32.1. The number of thiol groups is 1. The molecule has 1 aliphatic rings. The third-order valence-electron chi connectivity index (χ3n) is 10.3. The van der Waals surface area contributed by atoms with E-state index in [-0.39, 0.29) is 25.1 Å². The maximum atomic E-state index is 13.5. The number of likely N-dealkylation sites (tertiary alicyclic amines) is 1. The zero-order chi connectivity index (χ0) is 50.5. The number of aliphatic carboxylic acids is 3. The van der Waals surface area contributed by atoms with Crippen LogP contribution >= 0.6 is 12.6 Å². The Bertz CT molecular complexity index is 1990. The van der Waals surface area contributed by atoms with Crippen LogP contribution < -0.4 is 48.7 Å². The van der Waals surface area contributed by atoms with E-state index in [2.05, 4.69) is 49.8 Å². The molecule has 0 bridgehead atoms. The van der Waals surface area contributed by atoms with Crippen molar-refractivity contribution in [2.24, 2.45) is 17.4 Å². The molecule has 0 unspecified atom stereocenters. The van der Waals surface area contributed by atoms with Crippen molar-refractivity contribution in [1.82, 2.24) is 42.1 Å². The highest BCUT2D eigenvalue weighted by Crippen LogP contribution is 2.18. The van der Waals surface area contributed by atoms with Crippen LogP contribution in [0, 0.1) is 5.92 Å². The van der Waals surface area contributed by atoms with E-state index in [9.17, 15) is 72.9 Å². The van der Waals surface area contributed by atoms with Gasteiger partial charge in [0.25, 0.3) is 0 Å². The Morgan fingerprint density at radius 3 is 1.82 bits per heavy atom. The summed E-state index contributed by atoms with van der Waals surface area (Å²) in [6.45, 7) is 3.80. The number of nitrogens with two attached hydrogens (primary N) is 2. The average Bonchev–Trinajstić information content (AvgIpc) is 3.76. The Morgan fingerprint density at radius 1 is 0.701 bits per heavy atom. The molecular weight excluding hydrogens is 905 g/mol. The SMILES string of the molecule is CC(C)[C@H](NC(=O)[C@H](CS)NC(=O)[C@H](CCC(N)=O)NC(=O)[C@H](CC(=O)O)NC(=O)[C@H](C)NC(=O)[C@H](CCC(=O)O)NC(=O)[C@@H]1CCCN1C(=O)CNC(=O)[C@@H](N)Cc1ccccc1)C(=O)O. The second kappa shape index (κ2) is 27.6. The van der Waals surface area contributed by atoms with Gasteiger partial charge in [0.15, 0.2) is 0 Å². The van der Waals surface area contributed by atoms with Crippen LogP contribution in [0.4, 0.5) is 0 Å². The predicted octanol–water partition coefficient (Wildman–Crippen LogP) is -4.13. The molecule has 0 spiro atoms. The number of rotatable bonds is 28. The first-order valence-electron chi connectivity index (χ1n) is 21.2. The Kier molecular flexibility index (Phi) is 23.2. The van der Waals surface area contributed by atoms with Gasteiger partial charge in [-0.05, 0) is 50.5 Å². The third kappa shape index (κ3) is 19.3. The maximum absolute atomic E-state index is 13.5. The van der Waals surface area contributed by atoms with Gasteiger partial charge in [0.05, 0.1) is 19.0 Å². The van der Waals surface area contributed by atoms with Gasteiger partial charge in [-0.15, -0.1) is 0 Å². The topological polar surface area (TPSA) is 405 Å². The second-order valence-electron chi connectivity index (χ2n) is 16.0. The van der Waals surface area contributed by atoms with Crippen molar-refractivity contribution in [3.8, 4) is 0 Å². The number of nitrogens with one attached hydrogen (secondary N) is 7. The van der Waals surface area contributed by atoms with Gasteiger partial charge in [-0.1, -0.05) is 44.2 Å². The van der Waals surface area contributed by atoms with Crippen molar-refractivity contribution >= 4 is 83.7 Å². The lowest BCUT2D eigenvalue weighted by atomic mass is 10.0. The van der Waals surface area contributed by atoms with Gasteiger partial charge in [0.1, 0.15) is 42.3 Å². The van der Waals surface area contributed by atoms with E-state index in [0.717, 1.165) is 12.5 Å². The lowest BCUT2D eigenvalue weighted by molar-refractivity contribution is -0.143. The van der Waals surface area contributed by atoms with E-state index in [1.165, 1.54) is 18.7 Å². The Hall–Kier alpha value is -6.83. The van der Waals surface area contributed by atoms with Crippen LogP contribution in [0.3, 0.4) is 0 Å². The van der Waals surface area contributed by atoms with Crippen LogP contribution in [0.15, 0.2) is 30.3 Å². The standard InChI is InChI=1S/C41H60N10O15S/c1-20(2)33(41(65)66)50-39(63)27(19-67)49-37(61)24(11-13-29(43)52)46-38(62)26(17-32(56)57)48-34(58)21(3)45-36(60)25(12-14-31(54)55)47-40(64)28-10-7-15-51(28)30(53)18-44-35(59)23(42)16-22-8-5-4-6-9-22/h4-6,8-9,20-21,23-28,33,67H,7,10-19,42H2,1-3H3,(H2,43,52)(H,44,59)(H,45,60)(H,46,62)(H,47,64)(H,48,58)(H,49,61)(H,50,63)(H,54,55)(H,56,57)(H,65,66)/t21-,23-,24-,25-,26-,27-,28-,33-/m0/s1.